The van der Waals surface area contributed by atoms with E-state index in [1.807, 2.05) is 54.6 Å². The van der Waals surface area contributed by atoms with Crippen LogP contribution < -0.4 is 50.3 Å². The highest BCUT2D eigenvalue weighted by molar-refractivity contribution is 6.37. The maximum Gasteiger partial charge on any atom is 0.246 e. The highest BCUT2D eigenvalue weighted by Crippen LogP contribution is 2.44. The van der Waals surface area contributed by atoms with Gasteiger partial charge in [-0.25, -0.2) is 74.8 Å². The number of nitrogens with one attached hydrogen (secondary N) is 5. The van der Waals surface area contributed by atoms with E-state index in [2.05, 4.69) is 200 Å². The molecule has 15 heterocycles. The summed E-state index contributed by atoms with van der Waals surface area (Å²) in [6.07, 6.45) is 34.4. The first-order valence-corrected chi connectivity index (χ1v) is 50.5. The number of ether oxygens (including phenoxy) is 5. The van der Waals surface area contributed by atoms with Crippen molar-refractivity contribution in [2.75, 3.05) is 92.0 Å². The number of carbonyl (C=O) groups excluding carboxylic acids is 3. The van der Waals surface area contributed by atoms with Gasteiger partial charge < -0.3 is 79.9 Å². The van der Waals surface area contributed by atoms with Gasteiger partial charge in [-0.15, -0.1) is 0 Å². The van der Waals surface area contributed by atoms with Gasteiger partial charge in [-0.05, 0) is 157 Å². The second-order valence-corrected chi connectivity index (χ2v) is 38.1. The number of benzene rings is 5. The van der Waals surface area contributed by atoms with Gasteiger partial charge in [0.2, 0.25) is 47.1 Å². The van der Waals surface area contributed by atoms with Crippen LogP contribution in [0.2, 0.25) is 20.1 Å². The second-order valence-electron chi connectivity index (χ2n) is 36.4. The molecular weight excluding hydrogens is 1970 g/mol. The number of anilines is 10. The van der Waals surface area contributed by atoms with E-state index in [1.165, 1.54) is 80.3 Å². The zero-order valence-electron chi connectivity index (χ0n) is 81.7. The number of aliphatic hydroxyl groups is 1. The third-order valence-electron chi connectivity index (χ3n) is 26.1. The predicted molar refractivity (Wildman–Crippen MR) is 582 cm³/mol. The second kappa shape index (κ2) is 48.5. The molecule has 38 heteroatoms. The van der Waals surface area contributed by atoms with E-state index in [-0.39, 0.29) is 54.8 Å². The van der Waals surface area contributed by atoms with Crippen LogP contribution in [0.15, 0.2) is 290 Å². The lowest BCUT2D eigenvalue weighted by Crippen LogP contribution is -2.37. The van der Waals surface area contributed by atoms with Crippen LogP contribution in [-0.2, 0) is 21.0 Å². The van der Waals surface area contributed by atoms with Gasteiger partial charge in [-0.3, -0.25) is 14.4 Å². The van der Waals surface area contributed by atoms with E-state index in [0.717, 1.165) is 155 Å². The molecule has 0 radical (unpaired) electrons. The zero-order chi connectivity index (χ0) is 103. The van der Waals surface area contributed by atoms with E-state index in [9.17, 15) is 19.5 Å². The summed E-state index contributed by atoms with van der Waals surface area (Å²) < 4.78 is 30.4. The van der Waals surface area contributed by atoms with Gasteiger partial charge >= 0.3 is 0 Å². The van der Waals surface area contributed by atoms with Crippen LogP contribution in [0.4, 0.5) is 57.5 Å². The average Bonchev–Trinajstić information content (AvgIpc) is 1.62. The van der Waals surface area contributed by atoms with E-state index >= 15 is 0 Å². The average molecular weight is 2080 g/mol. The molecule has 2 saturated carbocycles. The van der Waals surface area contributed by atoms with Gasteiger partial charge in [0, 0.05) is 187 Å². The minimum Gasteiger partial charge on any atom is -0.474 e. The van der Waals surface area contributed by atoms with Crippen molar-refractivity contribution in [1.82, 2.24) is 99.3 Å². The number of halogens is 4. The lowest BCUT2D eigenvalue weighted by Gasteiger charge is -2.33. The van der Waals surface area contributed by atoms with Gasteiger partial charge in [0.15, 0.2) is 0 Å². The molecule has 5 saturated heterocycles. The molecule has 22 rings (SSSR count). The number of nitrogens with zero attached hydrogens (tertiary/aromatic N) is 20. The molecule has 149 heavy (non-hydrogen) atoms. The number of allylic oxidation sites excluding steroid dienone is 2. The maximum atomic E-state index is 11.8. The Labute approximate surface area is 880 Å². The van der Waals surface area contributed by atoms with Crippen LogP contribution >= 0.6 is 46.4 Å². The molecule has 3 atom stereocenters. The monoisotopic (exact) mass is 2080 g/mol. The van der Waals surface area contributed by atoms with Crippen molar-refractivity contribution in [1.29, 1.82) is 0 Å². The summed E-state index contributed by atoms with van der Waals surface area (Å²) in [6, 6.07) is 44.2. The van der Waals surface area contributed by atoms with Crippen LogP contribution in [0.1, 0.15) is 99.2 Å². The standard InChI is InChI=1S/C25H27N5O.C23H23N5O2.C22H21Cl2N5O.C21H21N5O3.C20H17Cl2N5O2/c1-3-17(2)30-11-9-21(10-12-30)31-24-14-22-23(15-26-24)27-16-28-25(22)29-20-6-4-5-19(13-20)18-7-8-18;1-2-22(29)28-9-8-18(13-28)30-21-11-19-20(12-24-21)25-14-26-23(19)27-17-5-3-4-16(10-17)15-6-7-15;1-3-14(2)29-8-6-16(7-9-29)30-21-11-17-20(12-25-21)26-13-27-22(17)28-19-5-4-15(23)10-18(19)24;1-2-20(28)26-7-6-16(11-26)29-19-9-17-18(10-22-19)23-13-24-21(17)25-15-5-3-4-14(8-15)12-27;1-2-19(28)27-6-5-13(10-27)29-18-8-14-17(9-23-18)24-11-25-20(14)26-16-4-3-12(21)7-15(16)22/h3-6,13-16,18,21H,1-2,7-12H2,(H,27,28,29);2-5,10-12,14-15,18H,1,6-9,13H2,(H,25,26,27);3-5,10-13,16H,1-2,6-9H2,(H,26,27,28);2-5,8-10,13,16,27H,1,6-7,11-12H2,(H,23,24,25);2-4,7-9,11,13H,1,5-6,10H2,(H,24,25,26). The van der Waals surface area contributed by atoms with Gasteiger partial charge in [-0.2, -0.15) is 0 Å². The summed E-state index contributed by atoms with van der Waals surface area (Å²) in [5.74, 6) is 7.00. The summed E-state index contributed by atoms with van der Waals surface area (Å²) in [5, 5.41) is 32.1. The molecule has 10 aromatic heterocycles. The highest BCUT2D eigenvalue weighted by atomic mass is 35.5. The third kappa shape index (κ3) is 26.8. The van der Waals surface area contributed by atoms with Gasteiger partial charge in [0.25, 0.3) is 0 Å². The molecule has 15 aromatic rings. The SMILES string of the molecule is C=CC(=C)N1CCC(Oc2cc3c(Nc4ccc(Cl)cc4Cl)ncnc3cn2)CC1.C=CC(=C)N1CCC(Oc2cc3c(Nc4cccc(C5CC5)c4)ncnc3cn2)CC1.C=CC(=O)N1CCC(Oc2cc3c(Nc4ccc(Cl)cc4Cl)ncnc3cn2)C1.C=CC(=O)N1CCC(Oc2cc3c(Nc4cccc(C5CC5)c4)ncnc3cn2)C1.C=CC(=O)N1CCC(Oc2cc3c(Nc4cccc(CO)c4)ncnc3cn2)C1. The number of aromatic nitrogens is 15. The Hall–Kier alpha value is -16.1. The molecule has 760 valence electrons. The molecule has 0 spiro atoms. The lowest BCUT2D eigenvalue weighted by molar-refractivity contribution is -0.126. The predicted octanol–water partition coefficient (Wildman–Crippen LogP) is 21.3. The molecule has 5 aromatic carbocycles. The Balaban J connectivity index is 0.000000122. The van der Waals surface area contributed by atoms with Crippen molar-refractivity contribution in [3.63, 3.8) is 0 Å². The number of likely N-dealkylation sites (tertiary alicyclic amines) is 5. The van der Waals surface area contributed by atoms with Crippen LogP contribution in [0.25, 0.3) is 54.5 Å². The first-order chi connectivity index (χ1) is 72.6. The molecule has 3 amide bonds. The number of amides is 3. The fourth-order valence-electron chi connectivity index (χ4n) is 17.8. The van der Waals surface area contributed by atoms with E-state index in [4.69, 9.17) is 70.1 Å². The lowest BCUT2D eigenvalue weighted by atomic mass is 10.1. The third-order valence-corrected chi connectivity index (χ3v) is 27.2. The molecule has 34 nitrogen and oxygen atoms in total. The molecule has 7 fully saturated rings. The molecule has 7 aliphatic rings. The van der Waals surface area contributed by atoms with Crippen LogP contribution in [0.5, 0.6) is 29.4 Å². The number of aliphatic hydroxyl groups excluding tert-OH is 1. The molecule has 6 N–H and O–H groups in total. The first-order valence-electron chi connectivity index (χ1n) is 49.0. The number of rotatable bonds is 30. The van der Waals surface area contributed by atoms with Crippen molar-refractivity contribution in [3.8, 4) is 29.4 Å². The zero-order valence-corrected chi connectivity index (χ0v) is 84.7. The molecule has 0 bridgehead atoms. The minimum atomic E-state index is -0.129. The van der Waals surface area contributed by atoms with E-state index in [1.54, 1.807) is 107 Å². The molecule has 2 aliphatic carbocycles. The maximum absolute atomic E-state index is 11.8. The molecule has 3 unspecified atom stereocenters. The van der Waals surface area contributed by atoms with Gasteiger partial charge in [-0.1, -0.05) is 129 Å². The number of piperidine rings is 2. The van der Waals surface area contributed by atoms with Crippen molar-refractivity contribution >= 4 is 176 Å². The van der Waals surface area contributed by atoms with Gasteiger partial charge in [0.05, 0.1) is 106 Å². The van der Waals surface area contributed by atoms with Gasteiger partial charge in [0.1, 0.15) is 91.2 Å². The van der Waals surface area contributed by atoms with Crippen LogP contribution in [0, 0.1) is 0 Å². The fourth-order valence-corrected chi connectivity index (χ4v) is 18.7. The number of carbonyl (C=O) groups is 3. The molecule has 5 aliphatic heterocycles. The summed E-state index contributed by atoms with van der Waals surface area (Å²) in [5.41, 5.74) is 13.3. The van der Waals surface area contributed by atoms with Crippen molar-refractivity contribution in [3.05, 3.63) is 327 Å². The van der Waals surface area contributed by atoms with Crippen molar-refractivity contribution in [2.24, 2.45) is 0 Å². The Morgan fingerprint density at radius 1 is 0.322 bits per heavy atom. The number of hydrogen-bond donors (Lipinski definition) is 6. The van der Waals surface area contributed by atoms with Crippen LogP contribution in [-0.4, -0.2) is 218 Å². The fraction of sp³-hybridized carbons (Fsp3) is 0.261. The van der Waals surface area contributed by atoms with Crippen molar-refractivity contribution in [2.45, 2.75) is 120 Å². The molecular formula is C111H109Cl4N25O9. The smallest absolute Gasteiger partial charge is 0.246 e. The first kappa shape index (κ1) is 103. The Morgan fingerprint density at radius 2 is 0.604 bits per heavy atom. The van der Waals surface area contributed by atoms with E-state index < -0.39 is 0 Å². The largest absolute Gasteiger partial charge is 0.474 e. The summed E-state index contributed by atoms with van der Waals surface area (Å²) in [6.45, 7) is 33.3. The summed E-state index contributed by atoms with van der Waals surface area (Å²) in [7, 11) is 0. The normalized spacial score (nSPS) is 16.4. The Bertz CT molecular complexity index is 7500. The summed E-state index contributed by atoms with van der Waals surface area (Å²) in [4.78, 5) is 110. The highest BCUT2D eigenvalue weighted by Gasteiger charge is 2.33. The summed E-state index contributed by atoms with van der Waals surface area (Å²) >= 11 is 24.5. The number of fused-ring (bicyclic) bond motifs is 5. The topological polar surface area (TPSA) is 387 Å². The minimum absolute atomic E-state index is 0.0330. The number of pyridine rings is 5. The Kier molecular flexibility index (Phi) is 33.5. The number of hydrogen-bond acceptors (Lipinski definition) is 31. The van der Waals surface area contributed by atoms with E-state index in [0.29, 0.717) is 146 Å². The van der Waals surface area contributed by atoms with Crippen molar-refractivity contribution < 1.29 is 43.2 Å². The quantitative estimate of drug-likeness (QED) is 0.0180. The Morgan fingerprint density at radius 3 is 0.893 bits per heavy atom. The van der Waals surface area contributed by atoms with Crippen LogP contribution in [0.3, 0.4) is 0 Å².